The number of nitrogens with zero attached hydrogens (tertiary/aromatic N) is 3. The molecule has 128 valence electrons. The predicted molar refractivity (Wildman–Crippen MR) is 106 cm³/mol. The molecule has 0 unspecified atom stereocenters. The second-order valence-electron chi connectivity index (χ2n) is 5.75. The maximum Gasteiger partial charge on any atom is 0.168 e. The van der Waals surface area contributed by atoms with E-state index >= 15 is 0 Å². The summed E-state index contributed by atoms with van der Waals surface area (Å²) in [5.74, 6) is 2.41. The average molecular weight is 406 g/mol. The van der Waals surface area contributed by atoms with Crippen molar-refractivity contribution in [1.82, 2.24) is 14.8 Å². The molecule has 0 radical (unpaired) electrons. The van der Waals surface area contributed by atoms with Crippen LogP contribution in [0, 0.1) is 0 Å². The highest BCUT2D eigenvalue weighted by atomic mass is 79.9. The van der Waals surface area contributed by atoms with E-state index < -0.39 is 0 Å². The Morgan fingerprint density at radius 3 is 1.88 bits per heavy atom. The first-order valence-corrected chi connectivity index (χ1v) is 8.97. The third-order valence-corrected chi connectivity index (χ3v) is 4.66. The molecule has 0 bridgehead atoms. The molecule has 5 heteroatoms. The number of benzene rings is 3. The molecule has 1 aromatic heterocycles. The average Bonchev–Trinajstić information content (AvgIpc) is 3.14. The fourth-order valence-electron chi connectivity index (χ4n) is 2.82. The van der Waals surface area contributed by atoms with Gasteiger partial charge in [-0.15, -0.1) is 10.2 Å². The Hall–Kier alpha value is -2.92. The molecule has 3 aromatic carbocycles. The van der Waals surface area contributed by atoms with Crippen molar-refractivity contribution in [2.45, 2.75) is 0 Å². The van der Waals surface area contributed by atoms with Crippen molar-refractivity contribution < 1.29 is 4.74 Å². The Kier molecular flexibility index (Phi) is 4.54. The maximum absolute atomic E-state index is 5.28. The number of hydrogen-bond donors (Lipinski definition) is 0. The van der Waals surface area contributed by atoms with E-state index in [4.69, 9.17) is 4.74 Å². The molecule has 0 aliphatic carbocycles. The van der Waals surface area contributed by atoms with Crippen molar-refractivity contribution in [1.29, 1.82) is 0 Å². The molecule has 0 aliphatic heterocycles. The lowest BCUT2D eigenvalue weighted by molar-refractivity contribution is 0.415. The van der Waals surface area contributed by atoms with Crippen molar-refractivity contribution in [3.63, 3.8) is 0 Å². The van der Waals surface area contributed by atoms with E-state index in [9.17, 15) is 0 Å². The van der Waals surface area contributed by atoms with Crippen molar-refractivity contribution in [3.8, 4) is 34.2 Å². The van der Waals surface area contributed by atoms with Crippen LogP contribution in [0.4, 0.5) is 0 Å². The van der Waals surface area contributed by atoms with Gasteiger partial charge in [0, 0.05) is 21.3 Å². The van der Waals surface area contributed by atoms with E-state index in [1.54, 1.807) is 7.11 Å². The predicted octanol–water partition coefficient (Wildman–Crippen LogP) is 5.37. The molecule has 0 atom stereocenters. The lowest BCUT2D eigenvalue weighted by Crippen LogP contribution is -2.00. The van der Waals surface area contributed by atoms with Crippen LogP contribution in [0.15, 0.2) is 83.3 Å². The highest BCUT2D eigenvalue weighted by Crippen LogP contribution is 2.29. The summed E-state index contributed by atoms with van der Waals surface area (Å²) in [5.41, 5.74) is 2.99. The largest absolute Gasteiger partial charge is 0.497 e. The van der Waals surface area contributed by atoms with Crippen LogP contribution >= 0.6 is 15.9 Å². The molecular weight excluding hydrogens is 390 g/mol. The number of rotatable bonds is 4. The number of ether oxygens (including phenoxy) is 1. The highest BCUT2D eigenvalue weighted by molar-refractivity contribution is 9.10. The van der Waals surface area contributed by atoms with E-state index in [1.807, 2.05) is 78.9 Å². The monoisotopic (exact) mass is 405 g/mol. The van der Waals surface area contributed by atoms with Crippen LogP contribution in [0.2, 0.25) is 0 Å². The summed E-state index contributed by atoms with van der Waals surface area (Å²) in [7, 11) is 1.66. The molecular formula is C21H16BrN3O. The Labute approximate surface area is 160 Å². The van der Waals surface area contributed by atoms with Crippen molar-refractivity contribution >= 4 is 15.9 Å². The van der Waals surface area contributed by atoms with Gasteiger partial charge in [0.15, 0.2) is 11.6 Å². The SMILES string of the molecule is COc1ccc(-n2c(-c3ccccc3)nnc2-c2ccc(Br)cc2)cc1. The summed E-state index contributed by atoms with van der Waals surface area (Å²) in [6.07, 6.45) is 0. The normalized spacial score (nSPS) is 10.7. The zero-order valence-electron chi connectivity index (χ0n) is 14.1. The fraction of sp³-hybridized carbons (Fsp3) is 0.0476. The van der Waals surface area contributed by atoms with E-state index in [-0.39, 0.29) is 0 Å². The molecule has 4 nitrogen and oxygen atoms in total. The van der Waals surface area contributed by atoms with Gasteiger partial charge in [0.2, 0.25) is 0 Å². The summed E-state index contributed by atoms with van der Waals surface area (Å²) in [4.78, 5) is 0. The van der Waals surface area contributed by atoms with Gasteiger partial charge in [-0.1, -0.05) is 58.4 Å². The van der Waals surface area contributed by atoms with Gasteiger partial charge in [-0.25, -0.2) is 0 Å². The van der Waals surface area contributed by atoms with E-state index in [1.165, 1.54) is 0 Å². The van der Waals surface area contributed by atoms with Gasteiger partial charge in [0.1, 0.15) is 5.75 Å². The number of methoxy groups -OCH3 is 1. The lowest BCUT2D eigenvalue weighted by atomic mass is 10.1. The molecule has 0 N–H and O–H groups in total. The minimum absolute atomic E-state index is 0.793. The quantitative estimate of drug-likeness (QED) is 0.457. The summed E-state index contributed by atoms with van der Waals surface area (Å²) in [6.45, 7) is 0. The van der Waals surface area contributed by atoms with Crippen molar-refractivity contribution in [2.75, 3.05) is 7.11 Å². The molecule has 4 aromatic rings. The van der Waals surface area contributed by atoms with Gasteiger partial charge in [0.25, 0.3) is 0 Å². The molecule has 1 heterocycles. The topological polar surface area (TPSA) is 39.9 Å². The van der Waals surface area contributed by atoms with E-state index in [0.717, 1.165) is 38.7 Å². The second-order valence-corrected chi connectivity index (χ2v) is 6.67. The smallest absolute Gasteiger partial charge is 0.168 e. The van der Waals surface area contributed by atoms with Crippen LogP contribution < -0.4 is 4.74 Å². The standard InChI is InChI=1S/C21H16BrN3O/c1-26-19-13-11-18(12-14-19)25-20(15-5-3-2-4-6-15)23-24-21(25)16-7-9-17(22)10-8-16/h2-14H,1H3. The Bertz CT molecular complexity index is 1010. The van der Waals surface area contributed by atoms with Gasteiger partial charge in [-0.05, 0) is 36.4 Å². The fourth-order valence-corrected chi connectivity index (χ4v) is 3.08. The molecule has 4 rings (SSSR count). The number of halogens is 1. The minimum atomic E-state index is 0.793. The van der Waals surface area contributed by atoms with Gasteiger partial charge < -0.3 is 4.74 Å². The minimum Gasteiger partial charge on any atom is -0.497 e. The third-order valence-electron chi connectivity index (χ3n) is 4.13. The van der Waals surface area contributed by atoms with Crippen molar-refractivity contribution in [2.24, 2.45) is 0 Å². The van der Waals surface area contributed by atoms with Crippen LogP contribution in [0.3, 0.4) is 0 Å². The van der Waals surface area contributed by atoms with Crippen molar-refractivity contribution in [3.05, 3.63) is 83.3 Å². The van der Waals surface area contributed by atoms with Gasteiger partial charge in [0.05, 0.1) is 7.11 Å². The molecule has 26 heavy (non-hydrogen) atoms. The molecule has 0 saturated heterocycles. The van der Waals surface area contributed by atoms with Crippen LogP contribution in [0.1, 0.15) is 0 Å². The van der Waals surface area contributed by atoms with E-state index in [0.29, 0.717) is 0 Å². The Balaban J connectivity index is 1.92. The van der Waals surface area contributed by atoms with Crippen LogP contribution in [0.5, 0.6) is 5.75 Å². The van der Waals surface area contributed by atoms with Gasteiger partial charge in [-0.3, -0.25) is 4.57 Å². The van der Waals surface area contributed by atoms with Gasteiger partial charge in [-0.2, -0.15) is 0 Å². The zero-order chi connectivity index (χ0) is 17.9. The van der Waals surface area contributed by atoms with E-state index in [2.05, 4.69) is 30.7 Å². The third kappa shape index (κ3) is 3.13. The first-order valence-electron chi connectivity index (χ1n) is 8.17. The summed E-state index contributed by atoms with van der Waals surface area (Å²) in [5, 5.41) is 8.95. The molecule has 0 aliphatic rings. The number of aromatic nitrogens is 3. The molecule has 0 fully saturated rings. The zero-order valence-corrected chi connectivity index (χ0v) is 15.7. The lowest BCUT2D eigenvalue weighted by Gasteiger charge is -2.11. The maximum atomic E-state index is 5.28. The summed E-state index contributed by atoms with van der Waals surface area (Å²) >= 11 is 3.48. The molecule has 0 spiro atoms. The van der Waals surface area contributed by atoms with Crippen LogP contribution in [0.25, 0.3) is 28.5 Å². The molecule has 0 amide bonds. The second kappa shape index (κ2) is 7.14. The summed E-state index contributed by atoms with van der Waals surface area (Å²) < 4.78 is 8.38. The van der Waals surface area contributed by atoms with Gasteiger partial charge >= 0.3 is 0 Å². The van der Waals surface area contributed by atoms with Crippen LogP contribution in [-0.2, 0) is 0 Å². The molecule has 0 saturated carbocycles. The van der Waals surface area contributed by atoms with Crippen LogP contribution in [-0.4, -0.2) is 21.9 Å². The Morgan fingerprint density at radius 1 is 0.731 bits per heavy atom. The first kappa shape index (κ1) is 16.5. The summed E-state index contributed by atoms with van der Waals surface area (Å²) in [6, 6.07) is 26.0. The first-order chi connectivity index (χ1) is 12.8. The highest BCUT2D eigenvalue weighted by Gasteiger charge is 2.17. The number of hydrogen-bond acceptors (Lipinski definition) is 3. The Morgan fingerprint density at radius 2 is 1.31 bits per heavy atom.